The van der Waals surface area contributed by atoms with Crippen molar-refractivity contribution in [1.29, 1.82) is 0 Å². The minimum absolute atomic E-state index is 0.437. The third kappa shape index (κ3) is 2.35. The summed E-state index contributed by atoms with van der Waals surface area (Å²) in [6.45, 7) is 6.74. The van der Waals surface area contributed by atoms with Crippen LogP contribution >= 0.6 is 15.9 Å². The zero-order valence-corrected chi connectivity index (χ0v) is 9.64. The van der Waals surface area contributed by atoms with Crippen LogP contribution in [0.1, 0.15) is 32.4 Å². The van der Waals surface area contributed by atoms with E-state index in [1.807, 2.05) is 11.6 Å². The van der Waals surface area contributed by atoms with Crippen LogP contribution in [0.25, 0.3) is 0 Å². The lowest BCUT2D eigenvalue weighted by Gasteiger charge is -2.07. The van der Waals surface area contributed by atoms with E-state index in [-0.39, 0.29) is 0 Å². The molecule has 0 aromatic carbocycles. The quantitative estimate of drug-likeness (QED) is 0.726. The maximum atomic E-state index is 4.12. The SMILES string of the molecule is CC#CCn1n[c]c(Br)c1C(C)C. The summed E-state index contributed by atoms with van der Waals surface area (Å²) in [5.41, 5.74) is 1.16. The molecule has 0 saturated heterocycles. The van der Waals surface area contributed by atoms with Gasteiger partial charge in [0.1, 0.15) is 12.7 Å². The van der Waals surface area contributed by atoms with Crippen LogP contribution in [0.2, 0.25) is 0 Å². The minimum atomic E-state index is 0.437. The van der Waals surface area contributed by atoms with E-state index in [0.29, 0.717) is 12.5 Å². The Morgan fingerprint density at radius 2 is 2.31 bits per heavy atom. The van der Waals surface area contributed by atoms with Gasteiger partial charge in [0.05, 0.1) is 10.2 Å². The summed E-state index contributed by atoms with van der Waals surface area (Å²) in [6, 6.07) is 0. The Hall–Kier alpha value is -0.750. The monoisotopic (exact) mass is 239 g/mol. The predicted molar refractivity (Wildman–Crippen MR) is 56.3 cm³/mol. The van der Waals surface area contributed by atoms with Crippen molar-refractivity contribution in [1.82, 2.24) is 9.78 Å². The predicted octanol–water partition coefficient (Wildman–Crippen LogP) is 2.59. The standard InChI is InChI=1S/C10H12BrN2/c1-4-5-6-13-10(8(2)3)9(11)7-12-13/h8H,6H2,1-3H3. The highest BCUT2D eigenvalue weighted by Crippen LogP contribution is 2.23. The van der Waals surface area contributed by atoms with Gasteiger partial charge in [0.15, 0.2) is 0 Å². The van der Waals surface area contributed by atoms with Crippen molar-refractivity contribution in [2.45, 2.75) is 33.2 Å². The molecule has 2 nitrogen and oxygen atoms in total. The van der Waals surface area contributed by atoms with Gasteiger partial charge in [0, 0.05) is 0 Å². The first-order valence-corrected chi connectivity index (χ1v) is 4.99. The van der Waals surface area contributed by atoms with Crippen LogP contribution in [-0.2, 0) is 6.54 Å². The molecule has 0 spiro atoms. The van der Waals surface area contributed by atoms with Gasteiger partial charge in [-0.3, -0.25) is 4.68 Å². The molecule has 1 aromatic rings. The molecule has 0 aliphatic heterocycles. The number of hydrogen-bond donors (Lipinski definition) is 0. The van der Waals surface area contributed by atoms with Gasteiger partial charge < -0.3 is 0 Å². The largest absolute Gasteiger partial charge is 0.255 e. The zero-order valence-electron chi connectivity index (χ0n) is 8.06. The van der Waals surface area contributed by atoms with E-state index in [1.165, 1.54) is 0 Å². The molecule has 1 rings (SSSR count). The first-order valence-electron chi connectivity index (χ1n) is 4.20. The second-order valence-corrected chi connectivity index (χ2v) is 3.84. The summed E-state index contributed by atoms with van der Waals surface area (Å²) in [7, 11) is 0. The molecule has 1 aromatic heterocycles. The molecule has 0 N–H and O–H groups in total. The lowest BCUT2D eigenvalue weighted by atomic mass is 10.1. The van der Waals surface area contributed by atoms with Crippen molar-refractivity contribution >= 4 is 15.9 Å². The molecule has 69 valence electrons. The van der Waals surface area contributed by atoms with Gasteiger partial charge in [0.2, 0.25) is 0 Å². The van der Waals surface area contributed by atoms with Crippen molar-refractivity contribution in [2.75, 3.05) is 0 Å². The van der Waals surface area contributed by atoms with Gasteiger partial charge in [-0.15, -0.1) is 5.92 Å². The van der Waals surface area contributed by atoms with Crippen LogP contribution in [-0.4, -0.2) is 9.78 Å². The lowest BCUT2D eigenvalue weighted by Crippen LogP contribution is -2.05. The fraction of sp³-hybridized carbons (Fsp3) is 0.500. The summed E-state index contributed by atoms with van der Waals surface area (Å²) < 4.78 is 2.83. The average molecular weight is 240 g/mol. The maximum Gasteiger partial charge on any atom is 0.128 e. The van der Waals surface area contributed by atoms with Crippen molar-refractivity contribution in [3.05, 3.63) is 16.4 Å². The van der Waals surface area contributed by atoms with E-state index in [9.17, 15) is 0 Å². The number of hydrogen-bond acceptors (Lipinski definition) is 1. The Morgan fingerprint density at radius 3 is 2.85 bits per heavy atom. The second kappa shape index (κ2) is 4.48. The molecule has 1 heterocycles. The Balaban J connectivity index is 2.98. The molecule has 3 heteroatoms. The summed E-state index contributed by atoms with van der Waals surface area (Å²) in [5, 5.41) is 4.12. The molecular formula is C10H12BrN2. The molecule has 0 saturated carbocycles. The van der Waals surface area contributed by atoms with Gasteiger partial charge in [-0.25, -0.2) is 0 Å². The van der Waals surface area contributed by atoms with Crippen LogP contribution in [0.4, 0.5) is 0 Å². The van der Waals surface area contributed by atoms with E-state index >= 15 is 0 Å². The Bertz CT molecular complexity index is 342. The highest BCUT2D eigenvalue weighted by atomic mass is 79.9. The van der Waals surface area contributed by atoms with E-state index in [0.717, 1.165) is 10.2 Å². The normalized spacial score (nSPS) is 9.92. The molecule has 0 aliphatic carbocycles. The molecule has 0 atom stereocenters. The Labute approximate surface area is 87.5 Å². The fourth-order valence-electron chi connectivity index (χ4n) is 1.15. The molecule has 0 unspecified atom stereocenters. The smallest absolute Gasteiger partial charge is 0.128 e. The Morgan fingerprint density at radius 1 is 1.62 bits per heavy atom. The van der Waals surface area contributed by atoms with Crippen molar-refractivity contribution in [2.24, 2.45) is 0 Å². The number of nitrogens with zero attached hydrogens (tertiary/aromatic N) is 2. The fourth-order valence-corrected chi connectivity index (χ4v) is 1.90. The topological polar surface area (TPSA) is 17.8 Å². The van der Waals surface area contributed by atoms with Crippen molar-refractivity contribution < 1.29 is 0 Å². The molecular weight excluding hydrogens is 228 g/mol. The third-order valence-corrected chi connectivity index (χ3v) is 2.31. The van der Waals surface area contributed by atoms with Gasteiger partial charge >= 0.3 is 0 Å². The summed E-state index contributed by atoms with van der Waals surface area (Å²) in [6.07, 6.45) is 2.89. The van der Waals surface area contributed by atoms with Gasteiger partial charge in [-0.1, -0.05) is 19.8 Å². The third-order valence-electron chi connectivity index (χ3n) is 1.72. The average Bonchev–Trinajstić information content (AvgIpc) is 2.43. The van der Waals surface area contributed by atoms with E-state index < -0.39 is 0 Å². The van der Waals surface area contributed by atoms with Gasteiger partial charge in [-0.05, 0) is 28.8 Å². The number of aromatic nitrogens is 2. The molecule has 0 bridgehead atoms. The van der Waals surface area contributed by atoms with Crippen LogP contribution in [0.15, 0.2) is 4.47 Å². The van der Waals surface area contributed by atoms with Crippen LogP contribution in [0.3, 0.4) is 0 Å². The van der Waals surface area contributed by atoms with Gasteiger partial charge in [-0.2, -0.15) is 5.10 Å². The van der Waals surface area contributed by atoms with Crippen LogP contribution < -0.4 is 0 Å². The highest BCUT2D eigenvalue weighted by molar-refractivity contribution is 9.10. The van der Waals surface area contributed by atoms with Crippen LogP contribution in [0.5, 0.6) is 0 Å². The molecule has 13 heavy (non-hydrogen) atoms. The second-order valence-electron chi connectivity index (χ2n) is 3.05. The number of halogens is 1. The minimum Gasteiger partial charge on any atom is -0.255 e. The summed E-state index contributed by atoms with van der Waals surface area (Å²) in [5.74, 6) is 6.27. The lowest BCUT2D eigenvalue weighted by molar-refractivity contribution is 0.633. The summed E-state index contributed by atoms with van der Waals surface area (Å²) in [4.78, 5) is 0. The van der Waals surface area contributed by atoms with E-state index in [2.05, 4.69) is 52.9 Å². The highest BCUT2D eigenvalue weighted by Gasteiger charge is 2.11. The zero-order chi connectivity index (χ0) is 9.84. The van der Waals surface area contributed by atoms with E-state index in [1.54, 1.807) is 0 Å². The Kier molecular flexibility index (Phi) is 3.56. The van der Waals surface area contributed by atoms with Crippen LogP contribution in [0, 0.1) is 18.0 Å². The first-order chi connectivity index (χ1) is 6.16. The molecule has 1 radical (unpaired) electrons. The first kappa shape index (κ1) is 10.3. The maximum absolute atomic E-state index is 4.12. The molecule has 0 fully saturated rings. The molecule has 0 aliphatic rings. The molecule has 0 amide bonds. The number of rotatable bonds is 2. The van der Waals surface area contributed by atoms with E-state index in [4.69, 9.17) is 0 Å². The van der Waals surface area contributed by atoms with Gasteiger partial charge in [0.25, 0.3) is 0 Å². The summed E-state index contributed by atoms with van der Waals surface area (Å²) >= 11 is 3.42. The van der Waals surface area contributed by atoms with Crippen molar-refractivity contribution in [3.63, 3.8) is 0 Å². The van der Waals surface area contributed by atoms with Crippen molar-refractivity contribution in [3.8, 4) is 11.8 Å².